The van der Waals surface area contributed by atoms with Gasteiger partial charge in [0.25, 0.3) is 0 Å². The van der Waals surface area contributed by atoms with E-state index in [0.717, 1.165) is 30.4 Å². The van der Waals surface area contributed by atoms with Crippen LogP contribution in [0.2, 0.25) is 0 Å². The molecule has 3 aromatic rings. The third-order valence-electron chi connectivity index (χ3n) is 6.94. The van der Waals surface area contributed by atoms with Crippen LogP contribution in [0.4, 0.5) is 0 Å². The first-order chi connectivity index (χ1) is 17.0. The molecule has 0 unspecified atom stereocenters. The molecule has 0 saturated heterocycles. The molecule has 2 heterocycles. The maximum absolute atomic E-state index is 13.5. The van der Waals surface area contributed by atoms with Crippen LogP contribution in [-0.2, 0) is 0 Å². The highest BCUT2D eigenvalue weighted by atomic mass is 16.5. The van der Waals surface area contributed by atoms with E-state index in [1.807, 2.05) is 37.3 Å². The van der Waals surface area contributed by atoms with Crippen LogP contribution in [0.5, 0.6) is 5.75 Å². The summed E-state index contributed by atoms with van der Waals surface area (Å²) in [5, 5.41) is 1.11. The van der Waals surface area contributed by atoms with E-state index in [-0.39, 0.29) is 5.78 Å². The van der Waals surface area contributed by atoms with E-state index in [1.54, 1.807) is 0 Å². The smallest absolute Gasteiger partial charge is 0.196 e. The highest BCUT2D eigenvalue weighted by molar-refractivity contribution is 6.12. The first kappa shape index (κ1) is 25.1. The highest BCUT2D eigenvalue weighted by Gasteiger charge is 2.22. The fourth-order valence-corrected chi connectivity index (χ4v) is 5.17. The number of nitrogens with one attached hydrogen (secondary N) is 1. The minimum Gasteiger partial charge on any atom is -0.493 e. The number of fused-ring (bicyclic) bond motifs is 1. The minimum atomic E-state index is -0.0102. The Morgan fingerprint density at radius 1 is 1.09 bits per heavy atom. The molecular formula is C30H39N3O2. The summed E-state index contributed by atoms with van der Waals surface area (Å²) in [5.74, 6) is 0.625. The Kier molecular flexibility index (Phi) is 7.97. The number of rotatable bonds is 10. The molecule has 1 aliphatic rings. The van der Waals surface area contributed by atoms with Crippen LogP contribution in [0.1, 0.15) is 75.4 Å². The van der Waals surface area contributed by atoms with Crippen molar-refractivity contribution in [2.45, 2.75) is 66.0 Å². The van der Waals surface area contributed by atoms with E-state index in [1.165, 1.54) is 24.0 Å². The van der Waals surface area contributed by atoms with Gasteiger partial charge in [-0.2, -0.15) is 0 Å². The summed E-state index contributed by atoms with van der Waals surface area (Å²) in [4.78, 5) is 16.1. The van der Waals surface area contributed by atoms with Gasteiger partial charge in [0, 0.05) is 47.9 Å². The maximum atomic E-state index is 13.5. The van der Waals surface area contributed by atoms with Gasteiger partial charge in [0.2, 0.25) is 0 Å². The van der Waals surface area contributed by atoms with E-state index >= 15 is 0 Å². The number of nitrogens with zero attached hydrogens (tertiary/aromatic N) is 2. The van der Waals surface area contributed by atoms with Crippen molar-refractivity contribution in [3.05, 3.63) is 71.4 Å². The van der Waals surface area contributed by atoms with Crippen LogP contribution in [-0.4, -0.2) is 47.1 Å². The SMILES string of the molecule is CCOc1ccccc1C(=O)c1ccc2c(c1)c(C1=CCN(C(CC)CC)CC1)cn2NC(C)C. The number of carbonyl (C=O) groups is 1. The van der Waals surface area contributed by atoms with Crippen molar-refractivity contribution in [3.8, 4) is 5.75 Å². The van der Waals surface area contributed by atoms with Crippen LogP contribution in [0.3, 0.4) is 0 Å². The van der Waals surface area contributed by atoms with Crippen molar-refractivity contribution in [3.63, 3.8) is 0 Å². The zero-order chi connectivity index (χ0) is 24.9. The molecular weight excluding hydrogens is 434 g/mol. The van der Waals surface area contributed by atoms with Gasteiger partial charge in [-0.1, -0.05) is 32.1 Å². The molecule has 0 saturated carbocycles. The number of para-hydroxylation sites is 1. The van der Waals surface area contributed by atoms with Crippen molar-refractivity contribution < 1.29 is 9.53 Å². The molecule has 4 rings (SSSR count). The van der Waals surface area contributed by atoms with Crippen LogP contribution >= 0.6 is 0 Å². The number of benzene rings is 2. The molecule has 5 heteroatoms. The van der Waals surface area contributed by atoms with Crippen molar-refractivity contribution >= 4 is 22.3 Å². The average Bonchev–Trinajstić information content (AvgIpc) is 3.22. The average molecular weight is 474 g/mol. The van der Waals surface area contributed by atoms with Gasteiger partial charge in [0.15, 0.2) is 5.78 Å². The number of carbonyl (C=O) groups excluding carboxylic acids is 1. The number of hydrogen-bond donors (Lipinski definition) is 1. The predicted molar refractivity (Wildman–Crippen MR) is 146 cm³/mol. The van der Waals surface area contributed by atoms with Crippen LogP contribution in [0, 0.1) is 0 Å². The van der Waals surface area contributed by atoms with Gasteiger partial charge in [-0.15, -0.1) is 0 Å². The lowest BCUT2D eigenvalue weighted by molar-refractivity contribution is 0.103. The van der Waals surface area contributed by atoms with Crippen molar-refractivity contribution in [1.29, 1.82) is 0 Å². The number of ketones is 1. The maximum Gasteiger partial charge on any atom is 0.196 e. The second-order valence-electron chi connectivity index (χ2n) is 9.63. The van der Waals surface area contributed by atoms with Gasteiger partial charge in [-0.3, -0.25) is 14.4 Å². The first-order valence-electron chi connectivity index (χ1n) is 13.1. The molecule has 1 N–H and O–H groups in total. The second-order valence-corrected chi connectivity index (χ2v) is 9.63. The molecule has 1 aromatic heterocycles. The molecule has 5 nitrogen and oxygen atoms in total. The standard InChI is InChI=1S/C30H39N3O2/c1-6-24(7-2)32-17-15-22(16-18-32)27-20-33(31-21(4)5)28-14-13-23(19-26(27)28)30(34)25-11-9-10-12-29(25)35-8-3/h9-15,19-21,24,31H,6-8,16-18H2,1-5H3. The fourth-order valence-electron chi connectivity index (χ4n) is 5.17. The zero-order valence-electron chi connectivity index (χ0n) is 21.8. The molecule has 35 heavy (non-hydrogen) atoms. The van der Waals surface area contributed by atoms with Gasteiger partial charge in [-0.25, -0.2) is 0 Å². The number of aromatic nitrogens is 1. The summed E-state index contributed by atoms with van der Waals surface area (Å²) in [6.07, 6.45) is 7.97. The summed E-state index contributed by atoms with van der Waals surface area (Å²) in [6.45, 7) is 13.4. The van der Waals surface area contributed by atoms with Crippen molar-refractivity contribution in [1.82, 2.24) is 9.58 Å². The Bertz CT molecular complexity index is 1200. The molecule has 0 aliphatic carbocycles. The van der Waals surface area contributed by atoms with Gasteiger partial charge in [0.05, 0.1) is 17.7 Å². The highest BCUT2D eigenvalue weighted by Crippen LogP contribution is 2.33. The molecule has 186 valence electrons. The van der Waals surface area contributed by atoms with Crippen LogP contribution < -0.4 is 10.2 Å². The molecule has 0 radical (unpaired) electrons. The van der Waals surface area contributed by atoms with Gasteiger partial charge in [0.1, 0.15) is 5.75 Å². The molecule has 1 aliphatic heterocycles. The summed E-state index contributed by atoms with van der Waals surface area (Å²) >= 11 is 0. The largest absolute Gasteiger partial charge is 0.493 e. The Labute approximate surface area is 209 Å². The Balaban J connectivity index is 1.74. The number of hydrogen-bond acceptors (Lipinski definition) is 4. The lowest BCUT2D eigenvalue weighted by Crippen LogP contribution is -2.37. The monoisotopic (exact) mass is 473 g/mol. The lowest BCUT2D eigenvalue weighted by atomic mass is 9.95. The summed E-state index contributed by atoms with van der Waals surface area (Å²) in [5.41, 5.74) is 8.49. The van der Waals surface area contributed by atoms with Crippen molar-refractivity contribution in [2.75, 3.05) is 25.1 Å². The van der Waals surface area contributed by atoms with E-state index < -0.39 is 0 Å². The summed E-state index contributed by atoms with van der Waals surface area (Å²) in [6, 6.07) is 14.5. The van der Waals surface area contributed by atoms with E-state index in [2.05, 4.69) is 67.1 Å². The molecule has 2 aromatic carbocycles. The van der Waals surface area contributed by atoms with Crippen LogP contribution in [0.15, 0.2) is 54.7 Å². The lowest BCUT2D eigenvalue weighted by Gasteiger charge is -2.33. The Morgan fingerprint density at radius 2 is 1.86 bits per heavy atom. The molecule has 0 atom stereocenters. The van der Waals surface area contributed by atoms with Gasteiger partial charge < -0.3 is 10.2 Å². The molecule has 0 amide bonds. The quantitative estimate of drug-likeness (QED) is 0.341. The third-order valence-corrected chi connectivity index (χ3v) is 6.94. The molecule has 0 spiro atoms. The number of ether oxygens (including phenoxy) is 1. The third kappa shape index (κ3) is 5.30. The molecule has 0 bridgehead atoms. The normalized spacial score (nSPS) is 14.5. The Hall–Kier alpha value is -3.05. The van der Waals surface area contributed by atoms with Gasteiger partial charge >= 0.3 is 0 Å². The summed E-state index contributed by atoms with van der Waals surface area (Å²) in [7, 11) is 0. The topological polar surface area (TPSA) is 46.5 Å². The summed E-state index contributed by atoms with van der Waals surface area (Å²) < 4.78 is 7.85. The second kappa shape index (κ2) is 11.1. The fraction of sp³-hybridized carbons (Fsp3) is 0.433. The molecule has 0 fully saturated rings. The predicted octanol–water partition coefficient (Wildman–Crippen LogP) is 6.50. The van der Waals surface area contributed by atoms with E-state index in [4.69, 9.17) is 4.74 Å². The van der Waals surface area contributed by atoms with E-state index in [9.17, 15) is 4.79 Å². The van der Waals surface area contributed by atoms with Gasteiger partial charge in [-0.05, 0) is 75.9 Å². The van der Waals surface area contributed by atoms with Crippen LogP contribution in [0.25, 0.3) is 16.5 Å². The minimum absolute atomic E-state index is 0.0102. The van der Waals surface area contributed by atoms with Crippen molar-refractivity contribution in [2.24, 2.45) is 0 Å². The Morgan fingerprint density at radius 3 is 2.51 bits per heavy atom. The first-order valence-corrected chi connectivity index (χ1v) is 13.1. The zero-order valence-corrected chi connectivity index (χ0v) is 21.8. The van der Waals surface area contributed by atoms with E-state index in [0.29, 0.717) is 35.6 Å².